The molecule has 0 bridgehead atoms. The minimum atomic E-state index is -0.816. The van der Waals surface area contributed by atoms with Gasteiger partial charge in [0.25, 0.3) is 0 Å². The second-order valence-electron chi connectivity index (χ2n) is 8.57. The summed E-state index contributed by atoms with van der Waals surface area (Å²) >= 11 is 5.87. The predicted octanol–water partition coefficient (Wildman–Crippen LogP) is 4.76. The van der Waals surface area contributed by atoms with E-state index in [2.05, 4.69) is 46.0 Å². The molecule has 0 atom stereocenters. The van der Waals surface area contributed by atoms with E-state index in [0.29, 0.717) is 17.0 Å². The fraction of sp³-hybridized carbons (Fsp3) is 0.261. The van der Waals surface area contributed by atoms with E-state index in [1.54, 1.807) is 12.3 Å². The van der Waals surface area contributed by atoms with Crippen molar-refractivity contribution in [1.29, 1.82) is 0 Å². The average Bonchev–Trinajstić information content (AvgIpc) is 3.22. The highest BCUT2D eigenvalue weighted by atomic mass is 35.5. The number of anilines is 1. The van der Waals surface area contributed by atoms with Crippen LogP contribution in [0.25, 0.3) is 33.5 Å². The van der Waals surface area contributed by atoms with Crippen molar-refractivity contribution < 1.29 is 8.78 Å². The van der Waals surface area contributed by atoms with Crippen molar-refractivity contribution in [2.75, 3.05) is 32.1 Å². The molecule has 0 spiro atoms. The molecular formula is C23H21ClF2N6. The summed E-state index contributed by atoms with van der Waals surface area (Å²) in [6.07, 6.45) is 3.49. The zero-order valence-electron chi connectivity index (χ0n) is 17.8. The number of aromatic nitrogens is 4. The number of hydrogen-bond acceptors (Lipinski definition) is 5. The zero-order chi connectivity index (χ0) is 22.6. The number of H-pyrrole nitrogens is 1. The minimum absolute atomic E-state index is 0.102. The molecule has 0 amide bonds. The SMILES string of the molecule is CN(C)C1(C)CN(c2cnc3ccc(-c4c[nH]nc4-c4cc(Cl)c(F)cc4F)nc3c2)C1. The van der Waals surface area contributed by atoms with E-state index in [9.17, 15) is 8.78 Å². The van der Waals surface area contributed by atoms with Crippen LogP contribution in [0.5, 0.6) is 0 Å². The quantitative estimate of drug-likeness (QED) is 0.450. The van der Waals surface area contributed by atoms with Gasteiger partial charge < -0.3 is 9.80 Å². The molecule has 3 aromatic heterocycles. The molecule has 0 radical (unpaired) electrons. The highest BCUT2D eigenvalue weighted by Crippen LogP contribution is 2.35. The monoisotopic (exact) mass is 454 g/mol. The highest BCUT2D eigenvalue weighted by Gasteiger charge is 2.40. The van der Waals surface area contributed by atoms with Gasteiger partial charge in [0.05, 0.1) is 39.2 Å². The third-order valence-corrected chi connectivity index (χ3v) is 6.50. The lowest BCUT2D eigenvalue weighted by atomic mass is 9.90. The number of rotatable bonds is 4. The molecule has 1 N–H and O–H groups in total. The van der Waals surface area contributed by atoms with Crippen molar-refractivity contribution in [2.24, 2.45) is 0 Å². The number of nitrogens with one attached hydrogen (secondary N) is 1. The third kappa shape index (κ3) is 3.40. The van der Waals surface area contributed by atoms with Crippen LogP contribution in [0.1, 0.15) is 6.92 Å². The molecule has 1 aromatic carbocycles. The van der Waals surface area contributed by atoms with Crippen molar-refractivity contribution in [3.8, 4) is 22.5 Å². The first kappa shape index (κ1) is 20.8. The van der Waals surface area contributed by atoms with Crippen LogP contribution in [-0.4, -0.2) is 57.8 Å². The smallest absolute Gasteiger partial charge is 0.144 e. The van der Waals surface area contributed by atoms with Gasteiger partial charge in [0.15, 0.2) is 0 Å². The largest absolute Gasteiger partial charge is 0.366 e. The first-order valence-electron chi connectivity index (χ1n) is 10.1. The van der Waals surface area contributed by atoms with Crippen LogP contribution in [0.2, 0.25) is 5.02 Å². The first-order valence-corrected chi connectivity index (χ1v) is 10.5. The number of nitrogens with zero attached hydrogens (tertiary/aromatic N) is 5. The Kier molecular flexibility index (Phi) is 4.87. The van der Waals surface area contributed by atoms with E-state index in [0.717, 1.165) is 35.9 Å². The summed E-state index contributed by atoms with van der Waals surface area (Å²) in [5.74, 6) is -1.56. The molecule has 164 valence electrons. The van der Waals surface area contributed by atoms with Gasteiger partial charge in [-0.15, -0.1) is 0 Å². The first-order chi connectivity index (χ1) is 15.2. The summed E-state index contributed by atoms with van der Waals surface area (Å²) in [5, 5.41) is 6.74. The Morgan fingerprint density at radius 2 is 1.84 bits per heavy atom. The molecule has 1 saturated heterocycles. The molecule has 0 aliphatic carbocycles. The van der Waals surface area contributed by atoms with Crippen molar-refractivity contribution in [2.45, 2.75) is 12.5 Å². The summed E-state index contributed by atoms with van der Waals surface area (Å²) in [6, 6.07) is 7.68. The maximum absolute atomic E-state index is 14.5. The normalized spacial score (nSPS) is 15.4. The van der Waals surface area contributed by atoms with Crippen LogP contribution in [0, 0.1) is 11.6 Å². The maximum Gasteiger partial charge on any atom is 0.144 e. The molecule has 32 heavy (non-hydrogen) atoms. The molecule has 1 aliphatic heterocycles. The van der Waals surface area contributed by atoms with E-state index in [1.807, 2.05) is 18.3 Å². The molecule has 4 aromatic rings. The molecule has 0 unspecified atom stereocenters. The van der Waals surface area contributed by atoms with Crippen molar-refractivity contribution >= 4 is 28.3 Å². The molecule has 4 heterocycles. The summed E-state index contributed by atoms with van der Waals surface area (Å²) in [6.45, 7) is 4.04. The van der Waals surface area contributed by atoms with Crippen LogP contribution >= 0.6 is 11.6 Å². The van der Waals surface area contributed by atoms with E-state index < -0.39 is 11.6 Å². The Morgan fingerprint density at radius 1 is 1.06 bits per heavy atom. The Bertz CT molecular complexity index is 1330. The van der Waals surface area contributed by atoms with Crippen LogP contribution in [-0.2, 0) is 0 Å². The van der Waals surface area contributed by atoms with Gasteiger partial charge in [0.1, 0.15) is 17.3 Å². The van der Waals surface area contributed by atoms with E-state index in [4.69, 9.17) is 16.6 Å². The third-order valence-electron chi connectivity index (χ3n) is 6.21. The second kappa shape index (κ2) is 7.50. The second-order valence-corrected chi connectivity index (χ2v) is 8.98. The number of pyridine rings is 2. The number of halogens is 3. The Balaban J connectivity index is 1.52. The van der Waals surface area contributed by atoms with Gasteiger partial charge >= 0.3 is 0 Å². The Labute approximate surface area is 188 Å². The fourth-order valence-corrected chi connectivity index (χ4v) is 4.12. The number of fused-ring (bicyclic) bond motifs is 1. The average molecular weight is 455 g/mol. The molecule has 1 aliphatic rings. The summed E-state index contributed by atoms with van der Waals surface area (Å²) in [5.41, 5.74) is 4.22. The molecule has 5 rings (SSSR count). The van der Waals surface area contributed by atoms with Gasteiger partial charge in [-0.3, -0.25) is 10.1 Å². The number of likely N-dealkylation sites (N-methyl/N-ethyl adjacent to an activating group) is 1. The number of hydrogen-bond donors (Lipinski definition) is 1. The molecule has 9 heteroatoms. The van der Waals surface area contributed by atoms with E-state index in [-0.39, 0.29) is 16.1 Å². The summed E-state index contributed by atoms with van der Waals surface area (Å²) in [4.78, 5) is 13.8. The Hall–Kier alpha value is -3.10. The fourth-order valence-electron chi connectivity index (χ4n) is 3.95. The lowest BCUT2D eigenvalue weighted by Gasteiger charge is -2.53. The molecule has 6 nitrogen and oxygen atoms in total. The zero-order valence-corrected chi connectivity index (χ0v) is 18.6. The number of aromatic amines is 1. The van der Waals surface area contributed by atoms with Crippen LogP contribution in [0.3, 0.4) is 0 Å². The summed E-state index contributed by atoms with van der Waals surface area (Å²) < 4.78 is 28.1. The van der Waals surface area contributed by atoms with Crippen molar-refractivity contribution in [3.05, 3.63) is 59.4 Å². The maximum atomic E-state index is 14.5. The van der Waals surface area contributed by atoms with Gasteiger partial charge in [0, 0.05) is 36.5 Å². The number of benzene rings is 1. The van der Waals surface area contributed by atoms with Crippen molar-refractivity contribution in [1.82, 2.24) is 25.1 Å². The molecule has 0 saturated carbocycles. The van der Waals surface area contributed by atoms with E-state index >= 15 is 0 Å². The van der Waals surface area contributed by atoms with Crippen LogP contribution in [0.4, 0.5) is 14.5 Å². The van der Waals surface area contributed by atoms with Gasteiger partial charge in [0.2, 0.25) is 0 Å². The lowest BCUT2D eigenvalue weighted by molar-refractivity contribution is 0.133. The van der Waals surface area contributed by atoms with Gasteiger partial charge in [-0.1, -0.05) is 11.6 Å². The Morgan fingerprint density at radius 3 is 2.59 bits per heavy atom. The van der Waals surface area contributed by atoms with E-state index in [1.165, 1.54) is 6.07 Å². The topological polar surface area (TPSA) is 60.9 Å². The minimum Gasteiger partial charge on any atom is -0.366 e. The van der Waals surface area contributed by atoms with Gasteiger partial charge in [-0.05, 0) is 45.3 Å². The lowest BCUT2D eigenvalue weighted by Crippen LogP contribution is -2.67. The standard InChI is InChI=1S/C23H21ClF2N6/c1-23(31(2)3)11-32(12-23)13-6-21-20(27-9-13)5-4-19(29-21)15-10-28-30-22(15)14-7-16(24)18(26)8-17(14)25/h4-10H,11-12H2,1-3H3,(H,28,30). The van der Waals surface area contributed by atoms with Gasteiger partial charge in [-0.2, -0.15) is 5.10 Å². The summed E-state index contributed by atoms with van der Waals surface area (Å²) in [7, 11) is 4.17. The van der Waals surface area contributed by atoms with Crippen molar-refractivity contribution in [3.63, 3.8) is 0 Å². The van der Waals surface area contributed by atoms with Crippen LogP contribution < -0.4 is 4.90 Å². The van der Waals surface area contributed by atoms with Gasteiger partial charge in [-0.25, -0.2) is 13.8 Å². The van der Waals surface area contributed by atoms with Crippen LogP contribution in [0.15, 0.2) is 42.7 Å². The predicted molar refractivity (Wildman–Crippen MR) is 122 cm³/mol. The highest BCUT2D eigenvalue weighted by molar-refractivity contribution is 6.31. The molecular weight excluding hydrogens is 434 g/mol. The molecule has 1 fully saturated rings.